The molecule has 122 valence electrons. The molecular formula is C23H25N. The van der Waals surface area contributed by atoms with Crippen molar-refractivity contribution in [3.05, 3.63) is 89.3 Å². The fourth-order valence-corrected chi connectivity index (χ4v) is 3.46. The minimum Gasteiger partial charge on any atom is -0.360 e. The van der Waals surface area contributed by atoms with Crippen LogP contribution in [0.5, 0.6) is 0 Å². The number of hydrogen-bond donors (Lipinski definition) is 1. The number of aryl methyl sites for hydroxylation is 2. The summed E-state index contributed by atoms with van der Waals surface area (Å²) in [5.41, 5.74) is 8.90. The zero-order valence-electron chi connectivity index (χ0n) is 14.8. The van der Waals surface area contributed by atoms with Crippen LogP contribution in [0, 0.1) is 6.92 Å². The Balaban J connectivity index is 2.26. The molecule has 0 saturated carbocycles. The van der Waals surface area contributed by atoms with Gasteiger partial charge in [0.15, 0.2) is 0 Å². The van der Waals surface area contributed by atoms with Crippen molar-refractivity contribution in [1.82, 2.24) is 4.98 Å². The third-order valence-electron chi connectivity index (χ3n) is 4.68. The lowest BCUT2D eigenvalue weighted by molar-refractivity contribution is 0.937. The van der Waals surface area contributed by atoms with E-state index in [4.69, 9.17) is 0 Å². The molecule has 2 aromatic rings. The van der Waals surface area contributed by atoms with Crippen LogP contribution in [0.1, 0.15) is 42.3 Å². The normalized spacial score (nSPS) is 17.1. The Kier molecular flexibility index (Phi) is 4.71. The van der Waals surface area contributed by atoms with E-state index < -0.39 is 0 Å². The van der Waals surface area contributed by atoms with Gasteiger partial charge in [0.25, 0.3) is 0 Å². The molecule has 1 unspecified atom stereocenters. The number of aromatic amines is 1. The summed E-state index contributed by atoms with van der Waals surface area (Å²) in [5.74, 6) is 0.212. The molecule has 1 heterocycles. The Hall–Kier alpha value is -2.54. The minimum atomic E-state index is 0.212. The zero-order chi connectivity index (χ0) is 17.1. The second kappa shape index (κ2) is 6.92. The molecule has 24 heavy (non-hydrogen) atoms. The minimum absolute atomic E-state index is 0.212. The molecule has 0 aliphatic heterocycles. The lowest BCUT2D eigenvalue weighted by Crippen LogP contribution is -2.02. The number of hydrogen-bond acceptors (Lipinski definition) is 0. The first kappa shape index (κ1) is 16.3. The maximum absolute atomic E-state index is 4.25. The number of rotatable bonds is 4. The Labute approximate surface area is 145 Å². The monoisotopic (exact) mass is 315 g/mol. The number of H-pyrrole nitrogens is 1. The Morgan fingerprint density at radius 1 is 1.21 bits per heavy atom. The molecule has 1 aliphatic rings. The Morgan fingerprint density at radius 3 is 2.67 bits per heavy atom. The largest absolute Gasteiger partial charge is 0.360 e. The molecule has 0 bridgehead atoms. The fourth-order valence-electron chi connectivity index (χ4n) is 3.46. The lowest BCUT2D eigenvalue weighted by atomic mass is 9.88. The van der Waals surface area contributed by atoms with Crippen LogP contribution < -0.4 is 0 Å². The molecule has 1 heteroatoms. The molecule has 0 radical (unpaired) electrons. The van der Waals surface area contributed by atoms with Crippen molar-refractivity contribution in [2.45, 2.75) is 33.1 Å². The van der Waals surface area contributed by atoms with Gasteiger partial charge in [-0.05, 0) is 37.0 Å². The summed E-state index contributed by atoms with van der Waals surface area (Å²) < 4.78 is 0. The number of allylic oxidation sites excluding steroid dienone is 6. The molecule has 1 aromatic carbocycles. The topological polar surface area (TPSA) is 15.8 Å². The zero-order valence-corrected chi connectivity index (χ0v) is 14.8. The maximum Gasteiger partial charge on any atom is 0.0424 e. The third kappa shape index (κ3) is 2.82. The predicted octanol–water partition coefficient (Wildman–Crippen LogP) is 6.35. The lowest BCUT2D eigenvalue weighted by Gasteiger charge is -2.16. The first-order valence-corrected chi connectivity index (χ1v) is 8.64. The van der Waals surface area contributed by atoms with E-state index in [1.165, 1.54) is 33.6 Å². The number of benzene rings is 1. The van der Waals surface area contributed by atoms with Gasteiger partial charge in [-0.1, -0.05) is 74.2 Å². The van der Waals surface area contributed by atoms with E-state index in [1.807, 2.05) is 0 Å². The van der Waals surface area contributed by atoms with E-state index in [1.54, 1.807) is 0 Å². The van der Waals surface area contributed by atoms with Gasteiger partial charge in [0.1, 0.15) is 0 Å². The molecular weight excluding hydrogens is 290 g/mol. The van der Waals surface area contributed by atoms with Crippen molar-refractivity contribution >= 4 is 6.08 Å². The summed E-state index contributed by atoms with van der Waals surface area (Å²) >= 11 is 0. The van der Waals surface area contributed by atoms with Crippen molar-refractivity contribution in [2.75, 3.05) is 0 Å². The summed E-state index contributed by atoms with van der Waals surface area (Å²) in [6, 6.07) is 8.63. The molecule has 3 rings (SSSR count). The molecule has 1 aromatic heterocycles. The van der Waals surface area contributed by atoms with Gasteiger partial charge in [-0.15, -0.1) is 0 Å². The van der Waals surface area contributed by atoms with E-state index in [0.717, 1.165) is 12.0 Å². The highest BCUT2D eigenvalue weighted by molar-refractivity contribution is 5.82. The van der Waals surface area contributed by atoms with Crippen LogP contribution in [-0.4, -0.2) is 4.98 Å². The van der Waals surface area contributed by atoms with Gasteiger partial charge in [0, 0.05) is 28.4 Å². The molecule has 1 atom stereocenters. The Morgan fingerprint density at radius 2 is 2.00 bits per heavy atom. The summed E-state index contributed by atoms with van der Waals surface area (Å²) in [7, 11) is 0. The van der Waals surface area contributed by atoms with Crippen molar-refractivity contribution in [1.29, 1.82) is 0 Å². The summed E-state index contributed by atoms with van der Waals surface area (Å²) in [6.07, 6.45) is 13.8. The van der Waals surface area contributed by atoms with Crippen molar-refractivity contribution in [2.24, 2.45) is 0 Å². The van der Waals surface area contributed by atoms with Crippen LogP contribution in [0.2, 0.25) is 0 Å². The number of nitrogens with one attached hydrogen (secondary N) is 1. The highest BCUT2D eigenvalue weighted by Gasteiger charge is 2.23. The van der Waals surface area contributed by atoms with Gasteiger partial charge in [0.05, 0.1) is 0 Å². The molecule has 1 aliphatic carbocycles. The smallest absolute Gasteiger partial charge is 0.0424 e. The van der Waals surface area contributed by atoms with E-state index in [9.17, 15) is 0 Å². The molecule has 0 spiro atoms. The molecule has 0 saturated heterocycles. The van der Waals surface area contributed by atoms with Gasteiger partial charge in [0.2, 0.25) is 0 Å². The second-order valence-electron chi connectivity index (χ2n) is 6.27. The predicted molar refractivity (Wildman–Crippen MR) is 105 cm³/mol. The van der Waals surface area contributed by atoms with Crippen LogP contribution in [0.3, 0.4) is 0 Å². The van der Waals surface area contributed by atoms with Crippen LogP contribution in [0.15, 0.2) is 66.8 Å². The highest BCUT2D eigenvalue weighted by Crippen LogP contribution is 2.39. The summed E-state index contributed by atoms with van der Waals surface area (Å²) in [6.45, 7) is 10.7. The number of aromatic nitrogens is 1. The average molecular weight is 315 g/mol. The molecule has 1 nitrogen and oxygen atoms in total. The SMILES string of the molecule is C=C1C=CC=CC1c1[nH]c(CC)c(-c2ccccc2C)c1/C=C\C. The van der Waals surface area contributed by atoms with Gasteiger partial charge in [-0.25, -0.2) is 0 Å². The van der Waals surface area contributed by atoms with Gasteiger partial charge >= 0.3 is 0 Å². The second-order valence-corrected chi connectivity index (χ2v) is 6.27. The quantitative estimate of drug-likeness (QED) is 0.676. The first-order valence-electron chi connectivity index (χ1n) is 8.64. The van der Waals surface area contributed by atoms with E-state index in [0.29, 0.717) is 0 Å². The fraction of sp³-hybridized carbons (Fsp3) is 0.217. The third-order valence-corrected chi connectivity index (χ3v) is 4.68. The van der Waals surface area contributed by atoms with Crippen LogP contribution >= 0.6 is 0 Å². The summed E-state index contributed by atoms with van der Waals surface area (Å²) in [4.78, 5) is 3.71. The van der Waals surface area contributed by atoms with Crippen LogP contribution in [-0.2, 0) is 6.42 Å². The van der Waals surface area contributed by atoms with Crippen LogP contribution in [0.25, 0.3) is 17.2 Å². The standard InChI is InChI=1S/C23H25N/c1-5-11-20-22(18-14-9-7-12-16(18)3)21(6-2)24-23(20)19-15-10-8-13-17(19)4/h5,7-15,19,24H,4,6H2,1-3H3/b11-5-. The van der Waals surface area contributed by atoms with Crippen molar-refractivity contribution in [3.63, 3.8) is 0 Å². The Bertz CT molecular complexity index is 843. The van der Waals surface area contributed by atoms with E-state index in [2.05, 4.69) is 93.1 Å². The van der Waals surface area contributed by atoms with Gasteiger partial charge < -0.3 is 4.98 Å². The summed E-state index contributed by atoms with van der Waals surface area (Å²) in [5, 5.41) is 0. The van der Waals surface area contributed by atoms with Gasteiger partial charge in [-0.2, -0.15) is 0 Å². The molecule has 0 fully saturated rings. The first-order chi connectivity index (χ1) is 11.7. The molecule has 1 N–H and O–H groups in total. The van der Waals surface area contributed by atoms with Crippen molar-refractivity contribution in [3.8, 4) is 11.1 Å². The highest BCUT2D eigenvalue weighted by atomic mass is 14.8. The van der Waals surface area contributed by atoms with E-state index in [-0.39, 0.29) is 5.92 Å². The van der Waals surface area contributed by atoms with E-state index >= 15 is 0 Å². The van der Waals surface area contributed by atoms with Crippen LogP contribution in [0.4, 0.5) is 0 Å². The average Bonchev–Trinajstić information content (AvgIpc) is 2.94. The van der Waals surface area contributed by atoms with Crippen molar-refractivity contribution < 1.29 is 0 Å². The molecule has 0 amide bonds. The maximum atomic E-state index is 4.25. The van der Waals surface area contributed by atoms with Gasteiger partial charge in [-0.3, -0.25) is 0 Å².